The fourth-order valence-corrected chi connectivity index (χ4v) is 5.04. The van der Waals surface area contributed by atoms with Gasteiger partial charge in [-0.15, -0.1) is 0 Å². The summed E-state index contributed by atoms with van der Waals surface area (Å²) in [5.41, 5.74) is 10.7. The molecule has 0 spiro atoms. The van der Waals surface area contributed by atoms with Crippen molar-refractivity contribution in [2.75, 3.05) is 19.6 Å². The predicted octanol–water partition coefficient (Wildman–Crippen LogP) is -0.417. The molecule has 0 bridgehead atoms. The molecule has 2 aliphatic heterocycles. The van der Waals surface area contributed by atoms with E-state index >= 15 is 0 Å². The quantitative estimate of drug-likeness (QED) is 0.147. The summed E-state index contributed by atoms with van der Waals surface area (Å²) in [7, 11) is 0. The molecule has 168 valence electrons. The van der Waals surface area contributed by atoms with Crippen LogP contribution in [0.3, 0.4) is 0 Å². The maximum atomic E-state index is 13.0. The van der Waals surface area contributed by atoms with Crippen molar-refractivity contribution < 1.29 is 14.4 Å². The second-order valence-electron chi connectivity index (χ2n) is 8.89. The van der Waals surface area contributed by atoms with E-state index in [1.54, 1.807) is 0 Å². The first kappa shape index (κ1) is 22.7. The number of amides is 1. The molecule has 0 aromatic heterocycles. The number of nitrogens with two attached hydrogens (primary N) is 2. The second kappa shape index (κ2) is 10.9. The van der Waals surface area contributed by atoms with Gasteiger partial charge in [0.15, 0.2) is 5.96 Å². The zero-order valence-electron chi connectivity index (χ0n) is 17.7. The number of rotatable bonds is 9. The summed E-state index contributed by atoms with van der Waals surface area (Å²) in [4.78, 5) is 42.4. The Labute approximate surface area is 178 Å². The average Bonchev–Trinajstić information content (AvgIpc) is 3.29. The van der Waals surface area contributed by atoms with Crippen LogP contribution >= 0.6 is 0 Å². The summed E-state index contributed by atoms with van der Waals surface area (Å²) < 4.78 is 0. The molecule has 9 heteroatoms. The van der Waals surface area contributed by atoms with Crippen LogP contribution in [-0.2, 0) is 14.4 Å². The molecule has 3 fully saturated rings. The van der Waals surface area contributed by atoms with Crippen LogP contribution in [0.25, 0.3) is 0 Å². The van der Waals surface area contributed by atoms with Gasteiger partial charge in [0.25, 0.3) is 0 Å². The molecule has 1 aliphatic carbocycles. The maximum Gasteiger partial charge on any atom is 0.237 e. The van der Waals surface area contributed by atoms with Crippen LogP contribution in [0.4, 0.5) is 0 Å². The second-order valence-corrected chi connectivity index (χ2v) is 8.89. The molecular formula is C21H36N6O3. The summed E-state index contributed by atoms with van der Waals surface area (Å²) in [6.45, 7) is 1.93. The van der Waals surface area contributed by atoms with Crippen LogP contribution in [0.15, 0.2) is 4.99 Å². The molecule has 30 heavy (non-hydrogen) atoms. The summed E-state index contributed by atoms with van der Waals surface area (Å²) >= 11 is 0. The molecular weight excluding hydrogens is 384 g/mol. The number of nitrogens with one attached hydrogen (secondary N) is 3. The number of piperidine rings is 1. The maximum absolute atomic E-state index is 13.0. The molecule has 1 amide bonds. The van der Waals surface area contributed by atoms with E-state index in [2.05, 4.69) is 20.9 Å². The van der Waals surface area contributed by atoms with Gasteiger partial charge >= 0.3 is 0 Å². The summed E-state index contributed by atoms with van der Waals surface area (Å²) in [5, 5.41) is 9.29. The standard InChI is InChI=1S/C21H36N6O3/c22-21(23)25-10-4-8-16(19(29)18(28)15-7-3-9-24-15)27-20(30)17-11-13-5-1-2-6-14(13)12-26-17/h13-17,24,26H,1-12H2,(H,27,30)(H4,22,23,25)/t13?,14?,15-,16-,17?/m0/s1. The van der Waals surface area contributed by atoms with E-state index in [4.69, 9.17) is 11.5 Å². The smallest absolute Gasteiger partial charge is 0.237 e. The lowest BCUT2D eigenvalue weighted by molar-refractivity contribution is -0.140. The molecule has 2 saturated heterocycles. The number of ketones is 2. The van der Waals surface area contributed by atoms with Crippen molar-refractivity contribution in [3.05, 3.63) is 0 Å². The Balaban J connectivity index is 1.60. The van der Waals surface area contributed by atoms with Crippen LogP contribution in [0, 0.1) is 11.8 Å². The lowest BCUT2D eigenvalue weighted by Crippen LogP contribution is -2.56. The number of carbonyl (C=O) groups excluding carboxylic acids is 3. The molecule has 2 heterocycles. The average molecular weight is 421 g/mol. The highest BCUT2D eigenvalue weighted by molar-refractivity contribution is 6.41. The molecule has 0 radical (unpaired) electrons. The largest absolute Gasteiger partial charge is 0.370 e. The number of hydrogen-bond donors (Lipinski definition) is 5. The first-order valence-corrected chi connectivity index (χ1v) is 11.4. The third-order valence-corrected chi connectivity index (χ3v) is 6.75. The van der Waals surface area contributed by atoms with Crippen LogP contribution in [-0.4, -0.2) is 61.2 Å². The fraction of sp³-hybridized carbons (Fsp3) is 0.810. The first-order chi connectivity index (χ1) is 14.5. The number of hydrogen-bond acceptors (Lipinski definition) is 6. The van der Waals surface area contributed by atoms with E-state index in [0.29, 0.717) is 37.6 Å². The summed E-state index contributed by atoms with van der Waals surface area (Å²) in [6, 6.07) is -1.59. The zero-order chi connectivity index (χ0) is 21.5. The number of carbonyl (C=O) groups is 3. The van der Waals surface area contributed by atoms with E-state index in [1.165, 1.54) is 25.7 Å². The molecule has 7 N–H and O–H groups in total. The highest BCUT2D eigenvalue weighted by Crippen LogP contribution is 2.35. The number of fused-ring (bicyclic) bond motifs is 1. The van der Waals surface area contributed by atoms with Crippen molar-refractivity contribution in [3.8, 4) is 0 Å². The molecule has 1 saturated carbocycles. The van der Waals surface area contributed by atoms with Crippen LogP contribution in [0.5, 0.6) is 0 Å². The van der Waals surface area contributed by atoms with Crippen molar-refractivity contribution in [3.63, 3.8) is 0 Å². The van der Waals surface area contributed by atoms with Gasteiger partial charge in [-0.05, 0) is 63.5 Å². The van der Waals surface area contributed by atoms with E-state index < -0.39 is 23.7 Å². The van der Waals surface area contributed by atoms with Crippen molar-refractivity contribution >= 4 is 23.4 Å². The Hall–Kier alpha value is -2.00. The van der Waals surface area contributed by atoms with Gasteiger partial charge in [-0.2, -0.15) is 0 Å². The number of guanidine groups is 1. The van der Waals surface area contributed by atoms with Crippen LogP contribution < -0.4 is 27.4 Å². The minimum absolute atomic E-state index is 0.0124. The lowest BCUT2D eigenvalue weighted by Gasteiger charge is -2.39. The third-order valence-electron chi connectivity index (χ3n) is 6.75. The van der Waals surface area contributed by atoms with Gasteiger partial charge in [0.2, 0.25) is 17.5 Å². The lowest BCUT2D eigenvalue weighted by atomic mass is 9.73. The minimum atomic E-state index is -0.840. The molecule has 9 nitrogen and oxygen atoms in total. The molecule has 0 aromatic rings. The third kappa shape index (κ3) is 6.01. The number of aliphatic imine (C=N–C) groups is 1. The normalized spacial score (nSPS) is 29.5. The first-order valence-electron chi connectivity index (χ1n) is 11.4. The van der Waals surface area contributed by atoms with Crippen molar-refractivity contribution in [2.45, 2.75) is 75.9 Å². The van der Waals surface area contributed by atoms with Gasteiger partial charge in [-0.3, -0.25) is 19.4 Å². The Morgan fingerprint density at radius 3 is 2.47 bits per heavy atom. The topological polar surface area (TPSA) is 152 Å². The van der Waals surface area contributed by atoms with Gasteiger partial charge < -0.3 is 27.4 Å². The van der Waals surface area contributed by atoms with E-state index in [-0.39, 0.29) is 17.9 Å². The van der Waals surface area contributed by atoms with Gasteiger partial charge in [-0.25, -0.2) is 0 Å². The van der Waals surface area contributed by atoms with Gasteiger partial charge in [0.05, 0.1) is 18.1 Å². The van der Waals surface area contributed by atoms with Gasteiger partial charge in [0.1, 0.15) is 0 Å². The van der Waals surface area contributed by atoms with Crippen molar-refractivity contribution in [2.24, 2.45) is 28.3 Å². The molecule has 5 atom stereocenters. The Morgan fingerprint density at radius 2 is 1.77 bits per heavy atom. The summed E-state index contributed by atoms with van der Waals surface area (Å²) in [6.07, 6.45) is 8.05. The minimum Gasteiger partial charge on any atom is -0.370 e. The fourth-order valence-electron chi connectivity index (χ4n) is 5.04. The van der Waals surface area contributed by atoms with Gasteiger partial charge in [-0.1, -0.05) is 19.3 Å². The highest BCUT2D eigenvalue weighted by atomic mass is 16.2. The molecule has 3 rings (SSSR count). The zero-order valence-corrected chi connectivity index (χ0v) is 17.7. The molecule has 3 aliphatic rings. The monoisotopic (exact) mass is 420 g/mol. The number of Topliss-reactive ketones (excluding diaryl/α,β-unsaturated/α-hetero) is 2. The van der Waals surface area contributed by atoms with Gasteiger partial charge in [0, 0.05) is 6.54 Å². The van der Waals surface area contributed by atoms with Crippen molar-refractivity contribution in [1.82, 2.24) is 16.0 Å². The number of nitrogens with zero attached hydrogens (tertiary/aromatic N) is 1. The highest BCUT2D eigenvalue weighted by Gasteiger charge is 2.37. The van der Waals surface area contributed by atoms with Crippen LogP contribution in [0.1, 0.15) is 57.8 Å². The van der Waals surface area contributed by atoms with Crippen LogP contribution in [0.2, 0.25) is 0 Å². The van der Waals surface area contributed by atoms with Crippen molar-refractivity contribution in [1.29, 1.82) is 0 Å². The summed E-state index contributed by atoms with van der Waals surface area (Å²) in [5.74, 6) is 0.0429. The SMILES string of the molecule is NC(N)=NCCC[C@H](NC(=O)C1CC2CCCCC2CN1)C(=O)C(=O)[C@@H]1CCCN1. The Bertz CT molecular complexity index is 657. The van der Waals surface area contributed by atoms with E-state index in [0.717, 1.165) is 25.9 Å². The predicted molar refractivity (Wildman–Crippen MR) is 115 cm³/mol. The Kier molecular flexibility index (Phi) is 8.21. The molecule has 0 aromatic carbocycles. The molecule has 3 unspecified atom stereocenters. The van der Waals surface area contributed by atoms with E-state index in [9.17, 15) is 14.4 Å². The van der Waals surface area contributed by atoms with E-state index in [1.807, 2.05) is 0 Å². The Morgan fingerprint density at radius 1 is 1.00 bits per heavy atom.